The van der Waals surface area contributed by atoms with Gasteiger partial charge in [-0.3, -0.25) is 9.69 Å². The first-order chi connectivity index (χ1) is 10.8. The van der Waals surface area contributed by atoms with E-state index >= 15 is 0 Å². The molecule has 2 aromatic rings. The summed E-state index contributed by atoms with van der Waals surface area (Å²) < 4.78 is 33.3. The van der Waals surface area contributed by atoms with Crippen LogP contribution in [0.1, 0.15) is 24.5 Å². The molecule has 0 spiro atoms. The highest BCUT2D eigenvalue weighted by molar-refractivity contribution is 14.1. The summed E-state index contributed by atoms with van der Waals surface area (Å²) in [4.78, 5) is 14.3. The van der Waals surface area contributed by atoms with Crippen LogP contribution in [0.15, 0.2) is 27.6 Å². The van der Waals surface area contributed by atoms with E-state index in [0.717, 1.165) is 11.1 Å². The number of alkyl halides is 2. The second-order valence-corrected chi connectivity index (χ2v) is 7.51. The second-order valence-electron chi connectivity index (χ2n) is 6.35. The lowest BCUT2D eigenvalue weighted by atomic mass is 9.95. The van der Waals surface area contributed by atoms with Crippen LogP contribution >= 0.6 is 22.6 Å². The molecule has 1 saturated heterocycles. The highest BCUT2D eigenvalue weighted by atomic mass is 127. The van der Waals surface area contributed by atoms with E-state index in [2.05, 4.69) is 0 Å². The number of likely N-dealkylation sites (tertiary alicyclic amines) is 1. The standard InChI is InChI=1S/C17H18F2INO2/c1-10-5-12(6-13-15(22)14(20)9-23-16(10)13)8-21-4-3-17(18,19)11(2)7-21/h5-6,9,11H,3-4,7-8H2,1-2H3. The van der Waals surface area contributed by atoms with Gasteiger partial charge in [-0.1, -0.05) is 13.0 Å². The van der Waals surface area contributed by atoms with Crippen molar-refractivity contribution in [2.24, 2.45) is 5.92 Å². The SMILES string of the molecule is Cc1cc(CN2CCC(F)(F)C(C)C2)cc2c(=O)c(I)coc12. The molecule has 3 nitrogen and oxygen atoms in total. The van der Waals surface area contributed by atoms with Gasteiger partial charge in [0.1, 0.15) is 11.8 Å². The van der Waals surface area contributed by atoms with E-state index in [1.54, 1.807) is 6.92 Å². The van der Waals surface area contributed by atoms with Crippen LogP contribution in [0.3, 0.4) is 0 Å². The Labute approximate surface area is 146 Å². The molecule has 0 amide bonds. The van der Waals surface area contributed by atoms with Gasteiger partial charge in [0.25, 0.3) is 5.92 Å². The number of hydrogen-bond donors (Lipinski definition) is 0. The summed E-state index contributed by atoms with van der Waals surface area (Å²) in [6, 6.07) is 3.79. The zero-order chi connectivity index (χ0) is 16.8. The number of aryl methyl sites for hydroxylation is 1. The fourth-order valence-electron chi connectivity index (χ4n) is 3.13. The predicted molar refractivity (Wildman–Crippen MR) is 93.9 cm³/mol. The number of piperidine rings is 1. The zero-order valence-electron chi connectivity index (χ0n) is 13.0. The second kappa shape index (κ2) is 6.12. The van der Waals surface area contributed by atoms with E-state index in [1.165, 1.54) is 6.26 Å². The van der Waals surface area contributed by atoms with E-state index in [9.17, 15) is 13.6 Å². The van der Waals surface area contributed by atoms with Crippen LogP contribution in [-0.2, 0) is 6.54 Å². The lowest BCUT2D eigenvalue weighted by Gasteiger charge is -2.36. The third-order valence-corrected chi connectivity index (χ3v) is 5.24. The van der Waals surface area contributed by atoms with Crippen molar-refractivity contribution in [2.45, 2.75) is 32.7 Å². The molecule has 0 aliphatic carbocycles. The van der Waals surface area contributed by atoms with Crippen LogP contribution in [0.4, 0.5) is 8.78 Å². The number of nitrogens with zero attached hydrogens (tertiary/aromatic N) is 1. The van der Waals surface area contributed by atoms with Crippen LogP contribution in [0, 0.1) is 16.4 Å². The summed E-state index contributed by atoms with van der Waals surface area (Å²) in [5.41, 5.74) is 2.40. The minimum atomic E-state index is -2.58. The van der Waals surface area contributed by atoms with Crippen molar-refractivity contribution in [2.75, 3.05) is 13.1 Å². The van der Waals surface area contributed by atoms with E-state index in [-0.39, 0.29) is 11.8 Å². The molecule has 0 saturated carbocycles. The Bertz CT molecular complexity index is 803. The molecule has 0 bridgehead atoms. The quantitative estimate of drug-likeness (QED) is 0.667. The van der Waals surface area contributed by atoms with Gasteiger partial charge in [0.2, 0.25) is 5.43 Å². The van der Waals surface area contributed by atoms with Crippen LogP contribution in [0.25, 0.3) is 11.0 Å². The molecule has 0 radical (unpaired) electrons. The van der Waals surface area contributed by atoms with Crippen molar-refractivity contribution in [1.82, 2.24) is 4.90 Å². The molecular weight excluding hydrogens is 415 g/mol. The number of hydrogen-bond acceptors (Lipinski definition) is 3. The highest BCUT2D eigenvalue weighted by Gasteiger charge is 2.40. The molecule has 23 heavy (non-hydrogen) atoms. The van der Waals surface area contributed by atoms with Gasteiger partial charge in [-0.25, -0.2) is 8.78 Å². The van der Waals surface area contributed by atoms with Crippen LogP contribution in [0.2, 0.25) is 0 Å². The molecule has 6 heteroatoms. The molecule has 0 N–H and O–H groups in total. The summed E-state index contributed by atoms with van der Waals surface area (Å²) in [5.74, 6) is -3.23. The Morgan fingerprint density at radius 3 is 2.87 bits per heavy atom. The lowest BCUT2D eigenvalue weighted by Crippen LogP contribution is -2.45. The van der Waals surface area contributed by atoms with Gasteiger partial charge < -0.3 is 4.42 Å². The summed E-state index contributed by atoms with van der Waals surface area (Å²) in [6.45, 7) is 4.80. The Morgan fingerprint density at radius 1 is 1.43 bits per heavy atom. The van der Waals surface area contributed by atoms with Crippen molar-refractivity contribution < 1.29 is 13.2 Å². The molecule has 1 aliphatic rings. The average Bonchev–Trinajstić information content (AvgIpc) is 2.48. The first kappa shape index (κ1) is 16.8. The lowest BCUT2D eigenvalue weighted by molar-refractivity contribution is -0.100. The molecule has 1 atom stereocenters. The van der Waals surface area contributed by atoms with Gasteiger partial charge in [0.05, 0.1) is 8.96 Å². The van der Waals surface area contributed by atoms with Crippen molar-refractivity contribution in [3.8, 4) is 0 Å². The van der Waals surface area contributed by atoms with E-state index in [0.29, 0.717) is 34.2 Å². The van der Waals surface area contributed by atoms with Crippen molar-refractivity contribution in [1.29, 1.82) is 0 Å². The minimum absolute atomic E-state index is 0.0460. The summed E-state index contributed by atoms with van der Waals surface area (Å²) >= 11 is 1.96. The number of halogens is 3. The molecule has 3 rings (SSSR count). The maximum absolute atomic E-state index is 13.6. The third-order valence-electron chi connectivity index (χ3n) is 4.50. The van der Waals surface area contributed by atoms with E-state index < -0.39 is 11.8 Å². The zero-order valence-corrected chi connectivity index (χ0v) is 15.2. The van der Waals surface area contributed by atoms with Crippen LogP contribution in [0.5, 0.6) is 0 Å². The topological polar surface area (TPSA) is 33.5 Å². The summed E-state index contributed by atoms with van der Waals surface area (Å²) in [7, 11) is 0. The summed E-state index contributed by atoms with van der Waals surface area (Å²) in [6.07, 6.45) is 1.35. The smallest absolute Gasteiger partial charge is 0.253 e. The normalized spacial score (nSPS) is 21.7. The van der Waals surface area contributed by atoms with Crippen molar-refractivity contribution in [3.05, 3.63) is 43.3 Å². The van der Waals surface area contributed by atoms with Crippen LogP contribution < -0.4 is 5.43 Å². The molecule has 1 fully saturated rings. The Hall–Kier alpha value is -1.02. The maximum atomic E-state index is 13.6. The van der Waals surface area contributed by atoms with Gasteiger partial charge in [-0.15, -0.1) is 0 Å². The fourth-order valence-corrected chi connectivity index (χ4v) is 3.54. The molecule has 1 unspecified atom stereocenters. The molecule has 1 aromatic carbocycles. The molecular formula is C17H18F2INO2. The number of benzene rings is 1. The fraction of sp³-hybridized carbons (Fsp3) is 0.471. The third kappa shape index (κ3) is 3.28. The number of rotatable bonds is 2. The molecule has 1 aliphatic heterocycles. The minimum Gasteiger partial charge on any atom is -0.463 e. The summed E-state index contributed by atoms with van der Waals surface area (Å²) in [5, 5.41) is 0.558. The van der Waals surface area contributed by atoms with Gasteiger partial charge in [-0.05, 0) is 46.7 Å². The Kier molecular flexibility index (Phi) is 4.48. The first-order valence-electron chi connectivity index (χ1n) is 7.58. The molecule has 1 aromatic heterocycles. The van der Waals surface area contributed by atoms with Crippen LogP contribution in [-0.4, -0.2) is 23.9 Å². The van der Waals surface area contributed by atoms with Crippen molar-refractivity contribution in [3.63, 3.8) is 0 Å². The number of fused-ring (bicyclic) bond motifs is 1. The highest BCUT2D eigenvalue weighted by Crippen LogP contribution is 2.33. The van der Waals surface area contributed by atoms with Gasteiger partial charge in [0.15, 0.2) is 0 Å². The predicted octanol–water partition coefficient (Wildman–Crippen LogP) is 4.18. The Balaban J connectivity index is 1.90. The van der Waals surface area contributed by atoms with Gasteiger partial charge in [-0.2, -0.15) is 0 Å². The molecule has 2 heterocycles. The maximum Gasteiger partial charge on any atom is 0.253 e. The Morgan fingerprint density at radius 2 is 2.17 bits per heavy atom. The average molecular weight is 433 g/mol. The largest absolute Gasteiger partial charge is 0.463 e. The molecule has 124 valence electrons. The first-order valence-corrected chi connectivity index (χ1v) is 8.66. The van der Waals surface area contributed by atoms with Gasteiger partial charge >= 0.3 is 0 Å². The van der Waals surface area contributed by atoms with Gasteiger partial charge in [0, 0.05) is 32.0 Å². The van der Waals surface area contributed by atoms with E-state index in [4.69, 9.17) is 4.42 Å². The van der Waals surface area contributed by atoms with E-state index in [1.807, 2.05) is 46.5 Å². The van der Waals surface area contributed by atoms with Crippen molar-refractivity contribution >= 4 is 33.6 Å². The monoisotopic (exact) mass is 433 g/mol.